The highest BCUT2D eigenvalue weighted by molar-refractivity contribution is 7.99. The van der Waals surface area contributed by atoms with Crippen molar-refractivity contribution in [2.45, 2.75) is 27.8 Å². The minimum Gasteiger partial charge on any atom is -0.337 e. The average molecular weight is 465 g/mol. The van der Waals surface area contributed by atoms with E-state index in [-0.39, 0.29) is 11.4 Å². The molecule has 8 nitrogen and oxygen atoms in total. The van der Waals surface area contributed by atoms with Gasteiger partial charge in [0, 0.05) is 43.0 Å². The number of anilines is 2. The quantitative estimate of drug-likeness (QED) is 0.380. The van der Waals surface area contributed by atoms with Crippen LogP contribution in [0.5, 0.6) is 0 Å². The number of sulfonamides is 1. The predicted octanol–water partition coefficient (Wildman–Crippen LogP) is 3.45. The Bertz CT molecular complexity index is 1360. The summed E-state index contributed by atoms with van der Waals surface area (Å²) < 4.78 is 29.2. The summed E-state index contributed by atoms with van der Waals surface area (Å²) in [6, 6.07) is 14.6. The van der Waals surface area contributed by atoms with Gasteiger partial charge in [0.1, 0.15) is 5.03 Å². The Kier molecular flexibility index (Phi) is 5.64. The van der Waals surface area contributed by atoms with Crippen molar-refractivity contribution < 1.29 is 8.42 Å². The summed E-state index contributed by atoms with van der Waals surface area (Å²) in [5.74, 6) is 0.769. The lowest BCUT2D eigenvalue weighted by atomic mass is 10.2. The van der Waals surface area contributed by atoms with Crippen LogP contribution in [0.1, 0.15) is 11.3 Å². The first-order valence-electron chi connectivity index (χ1n) is 10.0. The monoisotopic (exact) mass is 464 g/mol. The third-order valence-electron chi connectivity index (χ3n) is 4.95. The van der Waals surface area contributed by atoms with Gasteiger partial charge in [0.2, 0.25) is 10.0 Å². The second-order valence-electron chi connectivity index (χ2n) is 7.27. The maximum Gasteiger partial charge on any atom is 0.240 e. The van der Waals surface area contributed by atoms with Crippen LogP contribution in [0.15, 0.2) is 88.3 Å². The smallest absolute Gasteiger partial charge is 0.240 e. The van der Waals surface area contributed by atoms with Gasteiger partial charge in [-0.1, -0.05) is 36.0 Å². The van der Waals surface area contributed by atoms with Gasteiger partial charge in [-0.2, -0.15) is 0 Å². The van der Waals surface area contributed by atoms with Crippen molar-refractivity contribution in [2.75, 3.05) is 11.9 Å². The zero-order chi connectivity index (χ0) is 22.0. The van der Waals surface area contributed by atoms with Crippen LogP contribution in [0.25, 0.3) is 0 Å². The van der Waals surface area contributed by atoms with Crippen molar-refractivity contribution in [3.63, 3.8) is 0 Å². The van der Waals surface area contributed by atoms with E-state index in [1.165, 1.54) is 0 Å². The molecule has 0 amide bonds. The van der Waals surface area contributed by atoms with E-state index in [1.807, 2.05) is 10.8 Å². The second kappa shape index (κ2) is 8.73. The Hall–Kier alpha value is -3.21. The molecule has 0 bridgehead atoms. The Morgan fingerprint density at radius 1 is 1.03 bits per heavy atom. The minimum absolute atomic E-state index is 0.262. The number of fused-ring (bicyclic) bond motifs is 2. The molecular weight excluding hydrogens is 444 g/mol. The van der Waals surface area contributed by atoms with Gasteiger partial charge < -0.3 is 9.88 Å². The molecule has 0 aliphatic carbocycles. The summed E-state index contributed by atoms with van der Waals surface area (Å²) in [5.41, 5.74) is 2.96. The molecule has 0 fully saturated rings. The molecule has 1 aliphatic heterocycles. The zero-order valence-corrected chi connectivity index (χ0v) is 18.6. The summed E-state index contributed by atoms with van der Waals surface area (Å²) in [4.78, 5) is 14.5. The highest BCUT2D eigenvalue weighted by Gasteiger charge is 2.18. The summed E-state index contributed by atoms with van der Waals surface area (Å²) >= 11 is 1.60. The zero-order valence-electron chi connectivity index (χ0n) is 17.0. The fourth-order valence-electron chi connectivity index (χ4n) is 3.41. The molecule has 32 heavy (non-hydrogen) atoms. The molecule has 5 rings (SSSR count). The number of nitrogens with one attached hydrogen (secondary N) is 2. The third-order valence-corrected chi connectivity index (χ3v) is 7.49. The lowest BCUT2D eigenvalue weighted by molar-refractivity contribution is 0.581. The number of benzene rings is 2. The van der Waals surface area contributed by atoms with Crippen LogP contribution in [0, 0.1) is 0 Å². The van der Waals surface area contributed by atoms with Gasteiger partial charge in [-0.15, -0.1) is 0 Å². The van der Waals surface area contributed by atoms with Crippen molar-refractivity contribution in [3.8, 4) is 0 Å². The topological polar surface area (TPSA) is 102 Å². The molecule has 0 saturated heterocycles. The van der Waals surface area contributed by atoms with E-state index in [4.69, 9.17) is 0 Å². The lowest BCUT2D eigenvalue weighted by Crippen LogP contribution is -2.26. The number of aromatic nitrogens is 4. The normalized spacial score (nSPS) is 12.6. The van der Waals surface area contributed by atoms with Crippen molar-refractivity contribution in [2.24, 2.45) is 0 Å². The summed E-state index contributed by atoms with van der Waals surface area (Å²) in [5, 5.41) is 4.21. The van der Waals surface area contributed by atoms with Crippen LogP contribution in [-0.4, -0.2) is 34.5 Å². The highest BCUT2D eigenvalue weighted by atomic mass is 32.2. The molecule has 2 N–H and O–H groups in total. The standard InChI is InChI=1S/C22H20N6O2S2/c29-32(30,18-4-2-1-3-5-18)26-9-8-17-14-28(15-25-17)13-16-6-7-20-19(12-16)27-21-22(31-20)24-11-10-23-21/h1-7,10-12,14-15,26H,8-9,13H2,(H,23,27). The summed E-state index contributed by atoms with van der Waals surface area (Å²) in [7, 11) is -3.51. The first-order valence-corrected chi connectivity index (χ1v) is 12.3. The number of rotatable bonds is 7. The summed E-state index contributed by atoms with van der Waals surface area (Å²) in [6.07, 6.45) is 7.59. The van der Waals surface area contributed by atoms with Gasteiger partial charge in [0.05, 0.1) is 22.6 Å². The van der Waals surface area contributed by atoms with E-state index in [0.29, 0.717) is 13.0 Å². The molecule has 0 spiro atoms. The number of hydrogen-bond acceptors (Lipinski definition) is 7. The molecule has 1 aliphatic rings. The Balaban J connectivity index is 1.20. The fourth-order valence-corrected chi connectivity index (χ4v) is 5.34. The van der Waals surface area contributed by atoms with Crippen molar-refractivity contribution in [3.05, 3.63) is 84.7 Å². The van der Waals surface area contributed by atoms with Crippen LogP contribution in [0.3, 0.4) is 0 Å². The summed E-state index contributed by atoms with van der Waals surface area (Å²) in [6.45, 7) is 0.949. The molecular formula is C22H20N6O2S2. The van der Waals surface area contributed by atoms with Gasteiger partial charge in [0.25, 0.3) is 0 Å². The molecule has 10 heteroatoms. The van der Waals surface area contributed by atoms with Crippen molar-refractivity contribution in [1.82, 2.24) is 24.2 Å². The molecule has 2 aromatic heterocycles. The average Bonchev–Trinajstić information content (AvgIpc) is 3.25. The van der Waals surface area contributed by atoms with Crippen molar-refractivity contribution >= 4 is 33.3 Å². The fraction of sp³-hybridized carbons (Fsp3) is 0.136. The first-order chi connectivity index (χ1) is 15.6. The van der Waals surface area contributed by atoms with E-state index in [9.17, 15) is 8.42 Å². The van der Waals surface area contributed by atoms with Crippen molar-refractivity contribution in [1.29, 1.82) is 0 Å². The molecule has 162 valence electrons. The van der Waals surface area contributed by atoms with E-state index in [0.717, 1.165) is 32.7 Å². The third kappa shape index (κ3) is 4.52. The minimum atomic E-state index is -3.51. The predicted molar refractivity (Wildman–Crippen MR) is 123 cm³/mol. The number of nitrogens with zero attached hydrogens (tertiary/aromatic N) is 4. The number of imidazole rings is 1. The van der Waals surface area contributed by atoms with E-state index < -0.39 is 10.0 Å². The molecule has 0 unspecified atom stereocenters. The van der Waals surface area contributed by atoms with Gasteiger partial charge in [-0.25, -0.2) is 28.1 Å². The molecule has 3 heterocycles. The molecule has 0 atom stereocenters. The molecule has 2 aromatic carbocycles. The van der Waals surface area contributed by atoms with Crippen LogP contribution in [0.2, 0.25) is 0 Å². The van der Waals surface area contributed by atoms with Crippen LogP contribution < -0.4 is 10.0 Å². The van der Waals surface area contributed by atoms with Crippen LogP contribution >= 0.6 is 11.8 Å². The largest absolute Gasteiger partial charge is 0.337 e. The van der Waals surface area contributed by atoms with Gasteiger partial charge in [0.15, 0.2) is 5.82 Å². The van der Waals surface area contributed by atoms with E-state index in [1.54, 1.807) is 60.8 Å². The van der Waals surface area contributed by atoms with Gasteiger partial charge in [-0.05, 0) is 29.8 Å². The number of hydrogen-bond donors (Lipinski definition) is 2. The maximum atomic E-state index is 12.3. The molecule has 4 aromatic rings. The van der Waals surface area contributed by atoms with Gasteiger partial charge in [-0.3, -0.25) is 0 Å². The Labute approximate surface area is 190 Å². The van der Waals surface area contributed by atoms with Gasteiger partial charge >= 0.3 is 0 Å². The van der Waals surface area contributed by atoms with Crippen LogP contribution in [0.4, 0.5) is 11.5 Å². The second-order valence-corrected chi connectivity index (χ2v) is 10.1. The Morgan fingerprint density at radius 2 is 1.88 bits per heavy atom. The van der Waals surface area contributed by atoms with Crippen LogP contribution in [-0.2, 0) is 23.0 Å². The first kappa shape index (κ1) is 20.7. The SMILES string of the molecule is O=S(=O)(NCCc1cn(Cc2ccc3c(c2)Nc2nccnc2S3)cn1)c1ccccc1. The van der Waals surface area contributed by atoms with E-state index >= 15 is 0 Å². The molecule has 0 radical (unpaired) electrons. The molecule has 0 saturated carbocycles. The highest BCUT2D eigenvalue weighted by Crippen LogP contribution is 2.42. The lowest BCUT2D eigenvalue weighted by Gasteiger charge is -2.19. The van der Waals surface area contributed by atoms with E-state index in [2.05, 4.69) is 43.2 Å². The Morgan fingerprint density at radius 3 is 2.75 bits per heavy atom. The maximum absolute atomic E-state index is 12.3.